The molecular formula is C21H21FN2O4. The number of carbonyl (C=O) groups is 2. The largest absolute Gasteiger partial charge is 0.478 e. The van der Waals surface area contributed by atoms with Crippen LogP contribution in [-0.2, 0) is 22.4 Å². The van der Waals surface area contributed by atoms with Crippen LogP contribution in [0.4, 0.5) is 4.39 Å². The van der Waals surface area contributed by atoms with E-state index in [-0.39, 0.29) is 12.2 Å². The summed E-state index contributed by atoms with van der Waals surface area (Å²) in [5.41, 5.74) is 7.21. The smallest absolute Gasteiger partial charge is 0.279 e. The van der Waals surface area contributed by atoms with Crippen molar-refractivity contribution in [1.29, 1.82) is 0 Å². The van der Waals surface area contributed by atoms with Crippen molar-refractivity contribution in [2.45, 2.75) is 32.8 Å². The fourth-order valence-electron chi connectivity index (χ4n) is 2.72. The number of hydrogen-bond donors (Lipinski definition) is 2. The Morgan fingerprint density at radius 1 is 1.18 bits per heavy atom. The summed E-state index contributed by atoms with van der Waals surface area (Å²) < 4.78 is 24.4. The molecule has 0 aliphatic heterocycles. The molecule has 3 rings (SSSR count). The Morgan fingerprint density at radius 3 is 2.71 bits per heavy atom. The number of para-hydroxylation sites is 1. The SMILES string of the molecule is CCc1ccc2c(CC(=O)NNC(=O)[C@@H](C)Oc3ccccc3F)coc2c1. The van der Waals surface area contributed by atoms with Crippen molar-refractivity contribution < 1.29 is 23.1 Å². The minimum Gasteiger partial charge on any atom is -0.478 e. The van der Waals surface area contributed by atoms with Crippen molar-refractivity contribution in [1.82, 2.24) is 10.9 Å². The predicted octanol–water partition coefficient (Wildman–Crippen LogP) is 3.29. The van der Waals surface area contributed by atoms with Gasteiger partial charge in [-0.25, -0.2) is 4.39 Å². The first-order valence-electron chi connectivity index (χ1n) is 8.96. The molecule has 1 heterocycles. The maximum atomic E-state index is 13.6. The second-order valence-electron chi connectivity index (χ2n) is 6.35. The third kappa shape index (κ3) is 4.49. The third-order valence-corrected chi connectivity index (χ3v) is 4.31. The molecule has 0 spiro atoms. The van der Waals surface area contributed by atoms with E-state index < -0.39 is 23.7 Å². The van der Waals surface area contributed by atoms with E-state index >= 15 is 0 Å². The van der Waals surface area contributed by atoms with Gasteiger partial charge < -0.3 is 9.15 Å². The Hall–Kier alpha value is -3.35. The molecule has 0 aliphatic carbocycles. The summed E-state index contributed by atoms with van der Waals surface area (Å²) in [5.74, 6) is -1.60. The molecule has 0 radical (unpaired) electrons. The number of aryl methyl sites for hydroxylation is 1. The Morgan fingerprint density at radius 2 is 1.96 bits per heavy atom. The summed E-state index contributed by atoms with van der Waals surface area (Å²) in [6, 6.07) is 11.6. The van der Waals surface area contributed by atoms with Crippen LogP contribution in [0.5, 0.6) is 5.75 Å². The number of hydrogen-bond acceptors (Lipinski definition) is 4. The quantitative estimate of drug-likeness (QED) is 0.639. The second-order valence-corrected chi connectivity index (χ2v) is 6.35. The average Bonchev–Trinajstić information content (AvgIpc) is 3.09. The van der Waals surface area contributed by atoms with Crippen LogP contribution in [0, 0.1) is 5.82 Å². The van der Waals surface area contributed by atoms with E-state index in [9.17, 15) is 14.0 Å². The Bertz CT molecular complexity index is 999. The van der Waals surface area contributed by atoms with Crippen LogP contribution < -0.4 is 15.6 Å². The van der Waals surface area contributed by atoms with Crippen molar-refractivity contribution in [2.75, 3.05) is 0 Å². The molecule has 2 N–H and O–H groups in total. The fraction of sp³-hybridized carbons (Fsp3) is 0.238. The van der Waals surface area contributed by atoms with Crippen molar-refractivity contribution in [3.05, 3.63) is 65.7 Å². The van der Waals surface area contributed by atoms with Gasteiger partial charge in [0.05, 0.1) is 12.7 Å². The zero-order valence-corrected chi connectivity index (χ0v) is 15.6. The van der Waals surface area contributed by atoms with Gasteiger partial charge in [0, 0.05) is 10.9 Å². The number of nitrogens with one attached hydrogen (secondary N) is 2. The molecule has 146 valence electrons. The molecule has 3 aromatic rings. The molecular weight excluding hydrogens is 363 g/mol. The molecule has 0 saturated heterocycles. The molecule has 0 saturated carbocycles. The number of fused-ring (bicyclic) bond motifs is 1. The molecule has 0 aliphatic rings. The Labute approximate surface area is 161 Å². The van der Waals surface area contributed by atoms with Gasteiger partial charge in [-0.2, -0.15) is 0 Å². The van der Waals surface area contributed by atoms with Gasteiger partial charge in [-0.3, -0.25) is 20.4 Å². The normalized spacial score (nSPS) is 11.8. The molecule has 0 unspecified atom stereocenters. The van der Waals surface area contributed by atoms with Crippen molar-refractivity contribution >= 4 is 22.8 Å². The van der Waals surface area contributed by atoms with Gasteiger partial charge in [0.25, 0.3) is 5.91 Å². The molecule has 1 atom stereocenters. The highest BCUT2D eigenvalue weighted by Gasteiger charge is 2.18. The van der Waals surface area contributed by atoms with Crippen LogP contribution in [0.3, 0.4) is 0 Å². The standard InChI is InChI=1S/C21H21FN2O4/c1-3-14-8-9-16-15(12-27-19(16)10-14)11-20(25)23-24-21(26)13(2)28-18-7-5-4-6-17(18)22/h4-10,12-13H,3,11H2,1-2H3,(H,23,25)(H,24,26)/t13-/m1/s1. The topological polar surface area (TPSA) is 80.6 Å². The molecule has 6 nitrogen and oxygen atoms in total. The minimum atomic E-state index is -0.987. The van der Waals surface area contributed by atoms with Gasteiger partial charge in [0.15, 0.2) is 17.7 Å². The van der Waals surface area contributed by atoms with Gasteiger partial charge in [-0.1, -0.05) is 31.2 Å². The van der Waals surface area contributed by atoms with Crippen molar-refractivity contribution in [3.63, 3.8) is 0 Å². The number of hydrazine groups is 1. The summed E-state index contributed by atoms with van der Waals surface area (Å²) in [4.78, 5) is 24.2. The maximum Gasteiger partial charge on any atom is 0.279 e. The predicted molar refractivity (Wildman–Crippen MR) is 102 cm³/mol. The highest BCUT2D eigenvalue weighted by Crippen LogP contribution is 2.23. The molecule has 2 amide bonds. The summed E-state index contributed by atoms with van der Waals surface area (Å²) in [7, 11) is 0. The summed E-state index contributed by atoms with van der Waals surface area (Å²) in [6.45, 7) is 3.51. The first-order chi connectivity index (χ1) is 13.5. The van der Waals surface area contributed by atoms with Gasteiger partial charge >= 0.3 is 0 Å². The van der Waals surface area contributed by atoms with Gasteiger partial charge in [0.1, 0.15) is 5.58 Å². The van der Waals surface area contributed by atoms with Crippen LogP contribution in [0.1, 0.15) is 25.0 Å². The number of furan rings is 1. The van der Waals surface area contributed by atoms with Crippen LogP contribution in [0.25, 0.3) is 11.0 Å². The van der Waals surface area contributed by atoms with Gasteiger partial charge in [-0.15, -0.1) is 0 Å². The summed E-state index contributed by atoms with van der Waals surface area (Å²) in [5, 5.41) is 0.856. The van der Waals surface area contributed by atoms with E-state index in [2.05, 4.69) is 17.8 Å². The lowest BCUT2D eigenvalue weighted by Crippen LogP contribution is -2.47. The fourth-order valence-corrected chi connectivity index (χ4v) is 2.72. The van der Waals surface area contributed by atoms with E-state index in [0.29, 0.717) is 0 Å². The molecule has 0 bridgehead atoms. The van der Waals surface area contributed by atoms with Crippen LogP contribution in [-0.4, -0.2) is 17.9 Å². The molecule has 2 aromatic carbocycles. The number of rotatable bonds is 6. The highest BCUT2D eigenvalue weighted by molar-refractivity contribution is 5.89. The second kappa shape index (κ2) is 8.56. The number of amides is 2. The lowest BCUT2D eigenvalue weighted by atomic mass is 10.1. The summed E-state index contributed by atoms with van der Waals surface area (Å²) >= 11 is 0. The zero-order valence-electron chi connectivity index (χ0n) is 15.6. The van der Waals surface area contributed by atoms with Crippen LogP contribution >= 0.6 is 0 Å². The van der Waals surface area contributed by atoms with Gasteiger partial charge in [0.2, 0.25) is 5.91 Å². The number of halogens is 1. The minimum absolute atomic E-state index is 0.0345. The van der Waals surface area contributed by atoms with Gasteiger partial charge in [-0.05, 0) is 37.1 Å². The lowest BCUT2D eigenvalue weighted by molar-refractivity contribution is -0.132. The first-order valence-corrected chi connectivity index (χ1v) is 8.96. The van der Waals surface area contributed by atoms with Crippen LogP contribution in [0.2, 0.25) is 0 Å². The maximum absolute atomic E-state index is 13.6. The van der Waals surface area contributed by atoms with E-state index in [4.69, 9.17) is 9.15 Å². The van der Waals surface area contributed by atoms with E-state index in [1.165, 1.54) is 31.4 Å². The molecule has 0 fully saturated rings. The number of benzene rings is 2. The van der Waals surface area contributed by atoms with E-state index in [0.717, 1.165) is 28.5 Å². The van der Waals surface area contributed by atoms with E-state index in [1.807, 2.05) is 18.2 Å². The average molecular weight is 384 g/mol. The Kier molecular flexibility index (Phi) is 5.93. The number of ether oxygens (including phenoxy) is 1. The van der Waals surface area contributed by atoms with E-state index in [1.54, 1.807) is 6.07 Å². The highest BCUT2D eigenvalue weighted by atomic mass is 19.1. The number of carbonyl (C=O) groups excluding carboxylic acids is 2. The first kappa shape index (κ1) is 19.4. The van der Waals surface area contributed by atoms with Crippen molar-refractivity contribution in [2.24, 2.45) is 0 Å². The molecule has 1 aromatic heterocycles. The molecule has 28 heavy (non-hydrogen) atoms. The zero-order chi connectivity index (χ0) is 20.1. The third-order valence-electron chi connectivity index (χ3n) is 4.31. The Balaban J connectivity index is 1.54. The monoisotopic (exact) mass is 384 g/mol. The lowest BCUT2D eigenvalue weighted by Gasteiger charge is -2.15. The van der Waals surface area contributed by atoms with Crippen molar-refractivity contribution in [3.8, 4) is 5.75 Å². The van der Waals surface area contributed by atoms with Crippen LogP contribution in [0.15, 0.2) is 53.1 Å². The molecule has 7 heteroatoms. The summed E-state index contributed by atoms with van der Waals surface area (Å²) in [6.07, 6.45) is 1.49.